The maximum Gasteiger partial charge on any atom is 0.203 e. The molecular weight excluding hydrogens is 296 g/mol. The lowest BCUT2D eigenvalue weighted by atomic mass is 10.2. The van der Waals surface area contributed by atoms with Gasteiger partial charge in [-0.05, 0) is 11.1 Å². The molecule has 1 aliphatic heterocycles. The Morgan fingerprint density at radius 2 is 1.50 bits per heavy atom. The van der Waals surface area contributed by atoms with Crippen molar-refractivity contribution in [2.75, 3.05) is 31.1 Å². The second kappa shape index (κ2) is 6.89. The van der Waals surface area contributed by atoms with Crippen molar-refractivity contribution in [2.45, 2.75) is 6.54 Å². The van der Waals surface area contributed by atoms with Crippen molar-refractivity contribution in [1.29, 1.82) is 0 Å². The summed E-state index contributed by atoms with van der Waals surface area (Å²) in [6.07, 6.45) is 1.93. The standard InChI is InChI=1S/C20H22N4/c1-3-7-17(8-4-1)16-23-11-13-24(14-12-23)20-21-15-19(22-20)18-9-5-2-6-10-18/h1-10,15H,11-14,16H2,(H,21,22). The zero-order valence-corrected chi connectivity index (χ0v) is 13.7. The van der Waals surface area contributed by atoms with E-state index in [1.807, 2.05) is 12.3 Å². The van der Waals surface area contributed by atoms with Gasteiger partial charge in [-0.2, -0.15) is 0 Å². The molecule has 0 saturated carbocycles. The number of H-pyrrole nitrogens is 1. The Bertz CT molecular complexity index is 759. The zero-order chi connectivity index (χ0) is 16.2. The van der Waals surface area contributed by atoms with Gasteiger partial charge in [0, 0.05) is 32.7 Å². The van der Waals surface area contributed by atoms with Crippen molar-refractivity contribution >= 4 is 5.95 Å². The number of imidazole rings is 1. The Balaban J connectivity index is 1.37. The highest BCUT2D eigenvalue weighted by Crippen LogP contribution is 2.21. The van der Waals surface area contributed by atoms with E-state index in [9.17, 15) is 0 Å². The van der Waals surface area contributed by atoms with Gasteiger partial charge in [0.15, 0.2) is 0 Å². The lowest BCUT2D eigenvalue weighted by Gasteiger charge is -2.34. The van der Waals surface area contributed by atoms with E-state index < -0.39 is 0 Å². The van der Waals surface area contributed by atoms with Crippen LogP contribution in [0.3, 0.4) is 0 Å². The van der Waals surface area contributed by atoms with Crippen LogP contribution in [-0.4, -0.2) is 41.0 Å². The van der Waals surface area contributed by atoms with Crippen LogP contribution >= 0.6 is 0 Å². The minimum atomic E-state index is 0.980. The van der Waals surface area contributed by atoms with Gasteiger partial charge in [-0.15, -0.1) is 0 Å². The number of nitrogens with one attached hydrogen (secondary N) is 1. The Hall–Kier alpha value is -2.59. The number of aromatic nitrogens is 2. The molecule has 0 bridgehead atoms. The summed E-state index contributed by atoms with van der Waals surface area (Å²) in [4.78, 5) is 12.9. The third-order valence-electron chi connectivity index (χ3n) is 4.57. The van der Waals surface area contributed by atoms with Crippen molar-refractivity contribution in [2.24, 2.45) is 0 Å². The van der Waals surface area contributed by atoms with Gasteiger partial charge >= 0.3 is 0 Å². The molecule has 1 aliphatic rings. The number of aromatic amines is 1. The molecule has 0 atom stereocenters. The minimum Gasteiger partial charge on any atom is -0.340 e. The van der Waals surface area contributed by atoms with Crippen LogP contribution in [0.4, 0.5) is 5.95 Å². The number of nitrogens with zero attached hydrogens (tertiary/aromatic N) is 3. The minimum absolute atomic E-state index is 0.980. The van der Waals surface area contributed by atoms with E-state index in [4.69, 9.17) is 0 Å². The molecular formula is C20H22N4. The second-order valence-corrected chi connectivity index (χ2v) is 6.24. The Labute approximate surface area is 142 Å². The van der Waals surface area contributed by atoms with E-state index in [2.05, 4.69) is 74.4 Å². The highest BCUT2D eigenvalue weighted by Gasteiger charge is 2.19. The molecule has 0 amide bonds. The topological polar surface area (TPSA) is 35.2 Å². The normalized spacial score (nSPS) is 15.6. The molecule has 4 heteroatoms. The summed E-state index contributed by atoms with van der Waals surface area (Å²) in [7, 11) is 0. The number of piperazine rings is 1. The number of anilines is 1. The molecule has 2 aromatic carbocycles. The van der Waals surface area contributed by atoms with Crippen LogP contribution in [0.25, 0.3) is 11.3 Å². The van der Waals surface area contributed by atoms with Crippen LogP contribution in [0.2, 0.25) is 0 Å². The smallest absolute Gasteiger partial charge is 0.203 e. The van der Waals surface area contributed by atoms with Crippen LogP contribution in [0.15, 0.2) is 66.9 Å². The summed E-state index contributed by atoms with van der Waals surface area (Å²) >= 11 is 0. The van der Waals surface area contributed by atoms with E-state index in [0.29, 0.717) is 0 Å². The van der Waals surface area contributed by atoms with Gasteiger partial charge in [-0.3, -0.25) is 4.90 Å². The summed E-state index contributed by atoms with van der Waals surface area (Å²) < 4.78 is 0. The zero-order valence-electron chi connectivity index (χ0n) is 13.7. The lowest BCUT2D eigenvalue weighted by Crippen LogP contribution is -2.46. The van der Waals surface area contributed by atoms with Gasteiger partial charge in [0.05, 0.1) is 11.9 Å². The van der Waals surface area contributed by atoms with Crippen LogP contribution in [-0.2, 0) is 6.54 Å². The fourth-order valence-corrected chi connectivity index (χ4v) is 3.20. The molecule has 1 fully saturated rings. The van der Waals surface area contributed by atoms with Gasteiger partial charge in [0.25, 0.3) is 0 Å². The van der Waals surface area contributed by atoms with E-state index in [1.54, 1.807) is 0 Å². The second-order valence-electron chi connectivity index (χ2n) is 6.24. The molecule has 24 heavy (non-hydrogen) atoms. The molecule has 3 aromatic rings. The van der Waals surface area contributed by atoms with Gasteiger partial charge in [-0.25, -0.2) is 4.98 Å². The molecule has 0 aliphatic carbocycles. The van der Waals surface area contributed by atoms with Gasteiger partial charge in [0.1, 0.15) is 0 Å². The molecule has 4 nitrogen and oxygen atoms in total. The summed E-state index contributed by atoms with van der Waals surface area (Å²) in [6.45, 7) is 5.18. The largest absolute Gasteiger partial charge is 0.340 e. The summed E-state index contributed by atoms with van der Waals surface area (Å²) in [5.74, 6) is 0.980. The Morgan fingerprint density at radius 1 is 0.833 bits per heavy atom. The summed E-state index contributed by atoms with van der Waals surface area (Å²) in [6, 6.07) is 21.0. The van der Waals surface area contributed by atoms with Crippen LogP contribution < -0.4 is 4.90 Å². The van der Waals surface area contributed by atoms with Gasteiger partial charge in [0.2, 0.25) is 5.95 Å². The summed E-state index contributed by atoms with van der Waals surface area (Å²) in [5, 5.41) is 0. The third kappa shape index (κ3) is 3.34. The molecule has 4 rings (SSSR count). The van der Waals surface area contributed by atoms with Crippen molar-refractivity contribution in [3.63, 3.8) is 0 Å². The third-order valence-corrected chi connectivity index (χ3v) is 4.57. The Kier molecular flexibility index (Phi) is 4.30. The van der Waals surface area contributed by atoms with Crippen LogP contribution in [0, 0.1) is 0 Å². The first-order valence-corrected chi connectivity index (χ1v) is 8.50. The molecule has 0 spiro atoms. The maximum absolute atomic E-state index is 4.58. The first-order chi connectivity index (χ1) is 11.9. The van der Waals surface area contributed by atoms with Crippen molar-refractivity contribution in [3.05, 3.63) is 72.4 Å². The van der Waals surface area contributed by atoms with Gasteiger partial charge in [-0.1, -0.05) is 60.7 Å². The highest BCUT2D eigenvalue weighted by atomic mass is 15.3. The van der Waals surface area contributed by atoms with Crippen molar-refractivity contribution in [1.82, 2.24) is 14.9 Å². The predicted molar refractivity (Wildman–Crippen MR) is 98.0 cm³/mol. The molecule has 122 valence electrons. The van der Waals surface area contributed by atoms with E-state index in [-0.39, 0.29) is 0 Å². The molecule has 2 heterocycles. The van der Waals surface area contributed by atoms with Gasteiger partial charge < -0.3 is 9.88 Å². The number of benzene rings is 2. The molecule has 1 saturated heterocycles. The first-order valence-electron chi connectivity index (χ1n) is 8.50. The molecule has 1 N–H and O–H groups in total. The number of rotatable bonds is 4. The number of hydrogen-bond donors (Lipinski definition) is 1. The average Bonchev–Trinajstić information content (AvgIpc) is 3.14. The predicted octanol–water partition coefficient (Wildman–Crippen LogP) is 3.40. The molecule has 0 unspecified atom stereocenters. The fourth-order valence-electron chi connectivity index (χ4n) is 3.20. The molecule has 0 radical (unpaired) electrons. The summed E-state index contributed by atoms with van der Waals surface area (Å²) in [5.41, 5.74) is 3.64. The monoisotopic (exact) mass is 318 g/mol. The lowest BCUT2D eigenvalue weighted by molar-refractivity contribution is 0.249. The van der Waals surface area contributed by atoms with Crippen molar-refractivity contribution in [3.8, 4) is 11.3 Å². The average molecular weight is 318 g/mol. The van der Waals surface area contributed by atoms with E-state index >= 15 is 0 Å². The quantitative estimate of drug-likeness (QED) is 0.801. The number of hydrogen-bond acceptors (Lipinski definition) is 3. The van der Waals surface area contributed by atoms with E-state index in [1.165, 1.54) is 11.1 Å². The highest BCUT2D eigenvalue weighted by molar-refractivity contribution is 5.60. The van der Waals surface area contributed by atoms with E-state index in [0.717, 1.165) is 44.4 Å². The Morgan fingerprint density at radius 3 is 2.21 bits per heavy atom. The molecule has 1 aromatic heterocycles. The van der Waals surface area contributed by atoms with Crippen LogP contribution in [0.5, 0.6) is 0 Å². The SMILES string of the molecule is c1ccc(CN2CCN(c3ncc(-c4ccccc4)[nH]3)CC2)cc1. The first kappa shape index (κ1) is 15.0. The maximum atomic E-state index is 4.58. The fraction of sp³-hybridized carbons (Fsp3) is 0.250. The van der Waals surface area contributed by atoms with Crippen LogP contribution in [0.1, 0.15) is 5.56 Å². The van der Waals surface area contributed by atoms with Crippen molar-refractivity contribution < 1.29 is 0 Å².